The first-order chi connectivity index (χ1) is 12.0. The molecule has 0 heterocycles. The maximum atomic E-state index is 10.7. The highest BCUT2D eigenvalue weighted by molar-refractivity contribution is 9.09. The van der Waals surface area contributed by atoms with Crippen LogP contribution in [0.5, 0.6) is 0 Å². The fraction of sp³-hybridized carbons (Fsp3) is 0.250. The number of non-ortho nitro benzene ring substituents is 2. The largest absolute Gasteiger partial charge is 0.364 e. The fourth-order valence-corrected chi connectivity index (χ4v) is 3.28. The molecule has 0 aromatic heterocycles. The molecule has 2 aromatic carbocycles. The minimum Gasteiger partial charge on any atom is -0.364 e. The lowest BCUT2D eigenvalue weighted by molar-refractivity contribution is -0.385. The molecule has 0 bridgehead atoms. The van der Waals surface area contributed by atoms with Crippen molar-refractivity contribution < 1.29 is 14.6 Å². The van der Waals surface area contributed by atoms with Gasteiger partial charge in [-0.3, -0.25) is 20.2 Å². The molecule has 25 heavy (non-hydrogen) atoms. The van der Waals surface area contributed by atoms with Crippen molar-refractivity contribution >= 4 is 43.2 Å². The number of hydrogen-bond acceptors (Lipinski definition) is 5. The molecule has 2 atom stereocenters. The molecule has 0 amide bonds. The zero-order valence-corrected chi connectivity index (χ0v) is 16.1. The van der Waals surface area contributed by atoms with Crippen molar-refractivity contribution in [2.24, 2.45) is 0 Å². The number of nitro groups is 2. The second-order valence-corrected chi connectivity index (χ2v) is 6.41. The van der Waals surface area contributed by atoms with Crippen LogP contribution in [0.15, 0.2) is 48.5 Å². The predicted molar refractivity (Wildman–Crippen MR) is 100 cm³/mol. The second kappa shape index (κ2) is 9.02. The Labute approximate surface area is 160 Å². The molecule has 0 aliphatic heterocycles. The number of nitrogens with zero attached hydrogens (tertiary/aromatic N) is 2. The Morgan fingerprint density at radius 3 is 1.32 bits per heavy atom. The zero-order valence-electron chi connectivity index (χ0n) is 12.9. The van der Waals surface area contributed by atoms with Crippen molar-refractivity contribution in [1.29, 1.82) is 0 Å². The Hall–Kier alpha value is -1.84. The molecule has 2 aromatic rings. The van der Waals surface area contributed by atoms with E-state index in [1.807, 2.05) is 0 Å². The Morgan fingerprint density at radius 1 is 0.760 bits per heavy atom. The molecule has 9 heteroatoms. The third-order valence-corrected chi connectivity index (χ3v) is 4.74. The summed E-state index contributed by atoms with van der Waals surface area (Å²) in [6, 6.07) is 12.4. The van der Waals surface area contributed by atoms with Crippen LogP contribution in [0.4, 0.5) is 11.4 Å². The molecule has 0 aliphatic carbocycles. The van der Waals surface area contributed by atoms with Crippen molar-refractivity contribution in [2.75, 3.05) is 10.7 Å². The summed E-state index contributed by atoms with van der Waals surface area (Å²) < 4.78 is 6.09. The molecule has 7 nitrogen and oxygen atoms in total. The van der Waals surface area contributed by atoms with Crippen LogP contribution in [0.2, 0.25) is 0 Å². The first-order valence-electron chi connectivity index (χ1n) is 7.22. The van der Waals surface area contributed by atoms with E-state index in [-0.39, 0.29) is 23.6 Å². The number of halogens is 2. The lowest BCUT2D eigenvalue weighted by atomic mass is 10.1. The van der Waals surface area contributed by atoms with Crippen molar-refractivity contribution in [3.05, 3.63) is 79.9 Å². The molecule has 0 saturated heterocycles. The lowest BCUT2D eigenvalue weighted by Crippen LogP contribution is -2.13. The van der Waals surface area contributed by atoms with Gasteiger partial charge in [-0.25, -0.2) is 0 Å². The Bertz CT molecular complexity index is 674. The summed E-state index contributed by atoms with van der Waals surface area (Å²) in [6.07, 6.45) is -0.642. The highest BCUT2D eigenvalue weighted by atomic mass is 79.9. The van der Waals surface area contributed by atoms with Gasteiger partial charge in [0.05, 0.1) is 22.1 Å². The molecule has 2 unspecified atom stereocenters. The monoisotopic (exact) mass is 472 g/mol. The third-order valence-electron chi connectivity index (χ3n) is 3.56. The Kier molecular flexibility index (Phi) is 7.03. The van der Waals surface area contributed by atoms with Crippen LogP contribution in [-0.4, -0.2) is 20.5 Å². The summed E-state index contributed by atoms with van der Waals surface area (Å²) in [7, 11) is 0. The van der Waals surface area contributed by atoms with Gasteiger partial charge in [0, 0.05) is 34.9 Å². The van der Waals surface area contributed by atoms with E-state index in [4.69, 9.17) is 4.74 Å². The van der Waals surface area contributed by atoms with Crippen LogP contribution < -0.4 is 0 Å². The van der Waals surface area contributed by atoms with Crippen LogP contribution in [0, 0.1) is 20.2 Å². The van der Waals surface area contributed by atoms with Gasteiger partial charge in [0.2, 0.25) is 0 Å². The van der Waals surface area contributed by atoms with Crippen LogP contribution in [-0.2, 0) is 4.74 Å². The number of alkyl halides is 2. The van der Waals surface area contributed by atoms with Gasteiger partial charge in [-0.15, -0.1) is 0 Å². The van der Waals surface area contributed by atoms with Gasteiger partial charge in [-0.05, 0) is 35.4 Å². The molecular formula is C16H14Br2N2O5. The molecule has 0 N–H and O–H groups in total. The van der Waals surface area contributed by atoms with Crippen LogP contribution in [0.25, 0.3) is 0 Å². The lowest BCUT2D eigenvalue weighted by Gasteiger charge is -2.23. The fourth-order valence-electron chi connectivity index (χ4n) is 2.23. The standard InChI is InChI=1S/C16H14Br2N2O5/c17-9-15(11-1-5-13(6-2-11)19(21)22)25-16(10-18)12-3-7-14(8-4-12)20(23)24/h1-8,15-16H,9-10H2. The zero-order chi connectivity index (χ0) is 18.4. The van der Waals surface area contributed by atoms with E-state index in [0.717, 1.165) is 11.1 Å². The maximum Gasteiger partial charge on any atom is 0.269 e. The number of ether oxygens (including phenoxy) is 1. The van der Waals surface area contributed by atoms with Gasteiger partial charge < -0.3 is 4.74 Å². The van der Waals surface area contributed by atoms with E-state index < -0.39 is 9.85 Å². The van der Waals surface area contributed by atoms with Gasteiger partial charge in [0.15, 0.2) is 0 Å². The highest BCUT2D eigenvalue weighted by Gasteiger charge is 2.20. The molecule has 0 saturated carbocycles. The molecule has 0 spiro atoms. The van der Waals surface area contributed by atoms with E-state index in [2.05, 4.69) is 31.9 Å². The Morgan fingerprint density at radius 2 is 1.08 bits per heavy atom. The van der Waals surface area contributed by atoms with E-state index >= 15 is 0 Å². The van der Waals surface area contributed by atoms with Gasteiger partial charge in [-0.2, -0.15) is 0 Å². The van der Waals surface area contributed by atoms with Crippen molar-refractivity contribution in [3.8, 4) is 0 Å². The molecule has 0 radical (unpaired) electrons. The molecule has 0 aliphatic rings. The van der Waals surface area contributed by atoms with Crippen molar-refractivity contribution in [3.63, 3.8) is 0 Å². The quantitative estimate of drug-likeness (QED) is 0.302. The SMILES string of the molecule is O=[N+]([O-])c1ccc(C(CBr)OC(CBr)c2ccc([N+](=O)[O-])cc2)cc1. The number of hydrogen-bond donors (Lipinski definition) is 0. The van der Waals surface area contributed by atoms with Gasteiger partial charge >= 0.3 is 0 Å². The average molecular weight is 474 g/mol. The maximum absolute atomic E-state index is 10.7. The van der Waals surface area contributed by atoms with E-state index in [0.29, 0.717) is 10.7 Å². The summed E-state index contributed by atoms with van der Waals surface area (Å²) in [5.74, 6) is 0. The summed E-state index contributed by atoms with van der Waals surface area (Å²) in [4.78, 5) is 20.6. The Balaban J connectivity index is 2.17. The summed E-state index contributed by atoms with van der Waals surface area (Å²) in [5, 5.41) is 22.5. The van der Waals surface area contributed by atoms with Gasteiger partial charge in [0.25, 0.3) is 11.4 Å². The first-order valence-corrected chi connectivity index (χ1v) is 9.46. The molecular weight excluding hydrogens is 460 g/mol. The van der Waals surface area contributed by atoms with Gasteiger partial charge in [0.1, 0.15) is 0 Å². The number of rotatable bonds is 8. The van der Waals surface area contributed by atoms with Crippen molar-refractivity contribution in [2.45, 2.75) is 12.2 Å². The van der Waals surface area contributed by atoms with Crippen molar-refractivity contribution in [1.82, 2.24) is 0 Å². The van der Waals surface area contributed by atoms with E-state index in [1.165, 1.54) is 24.3 Å². The second-order valence-electron chi connectivity index (χ2n) is 5.12. The van der Waals surface area contributed by atoms with E-state index in [1.54, 1.807) is 24.3 Å². The van der Waals surface area contributed by atoms with Crippen LogP contribution in [0.1, 0.15) is 23.3 Å². The van der Waals surface area contributed by atoms with Gasteiger partial charge in [-0.1, -0.05) is 31.9 Å². The molecule has 2 rings (SSSR count). The smallest absolute Gasteiger partial charge is 0.269 e. The third kappa shape index (κ3) is 5.07. The minimum atomic E-state index is -0.452. The van der Waals surface area contributed by atoms with E-state index in [9.17, 15) is 20.2 Å². The topological polar surface area (TPSA) is 95.5 Å². The summed E-state index contributed by atoms with van der Waals surface area (Å²) in [6.45, 7) is 0. The number of nitro benzene ring substituents is 2. The summed E-state index contributed by atoms with van der Waals surface area (Å²) >= 11 is 6.79. The predicted octanol–water partition coefficient (Wildman–Crippen LogP) is 5.09. The average Bonchev–Trinajstić information content (AvgIpc) is 2.63. The molecule has 0 fully saturated rings. The summed E-state index contributed by atoms with van der Waals surface area (Å²) in [5.41, 5.74) is 1.64. The normalized spacial score (nSPS) is 13.2. The first kappa shape index (κ1) is 19.5. The van der Waals surface area contributed by atoms with Crippen LogP contribution >= 0.6 is 31.9 Å². The highest BCUT2D eigenvalue weighted by Crippen LogP contribution is 2.31. The molecule has 132 valence electrons. The minimum absolute atomic E-state index is 0.0180. The van der Waals surface area contributed by atoms with Crippen LogP contribution in [0.3, 0.4) is 0 Å². The number of benzene rings is 2.